The van der Waals surface area contributed by atoms with E-state index in [1.165, 1.54) is 16.8 Å². The molecular weight excluding hydrogens is 280 g/mol. The summed E-state index contributed by atoms with van der Waals surface area (Å²) in [5.41, 5.74) is 7.25. The van der Waals surface area contributed by atoms with E-state index in [0.717, 1.165) is 5.69 Å². The third-order valence-electron chi connectivity index (χ3n) is 2.79. The monoisotopic (exact) mass is 296 g/mol. The van der Waals surface area contributed by atoms with Gasteiger partial charge in [0, 0.05) is 23.6 Å². The summed E-state index contributed by atoms with van der Waals surface area (Å²) >= 11 is 0. The Kier molecular flexibility index (Phi) is 4.39. The van der Waals surface area contributed by atoms with Gasteiger partial charge < -0.3 is 5.73 Å². The van der Waals surface area contributed by atoms with Crippen molar-refractivity contribution in [3.8, 4) is 5.69 Å². The topological polar surface area (TPSA) is 87.0 Å². The highest BCUT2D eigenvalue weighted by Crippen LogP contribution is 2.25. The van der Waals surface area contributed by atoms with E-state index >= 15 is 0 Å². The van der Waals surface area contributed by atoms with E-state index in [1.807, 2.05) is 20.8 Å². The minimum atomic E-state index is -0.437. The molecule has 2 N–H and O–H groups in total. The lowest BCUT2D eigenvalue weighted by Gasteiger charge is -2.14. The van der Waals surface area contributed by atoms with Crippen molar-refractivity contribution < 1.29 is 4.92 Å². The Balaban J connectivity index is 0.00000200. The minimum Gasteiger partial charge on any atom is -0.384 e. The van der Waals surface area contributed by atoms with E-state index in [9.17, 15) is 10.1 Å². The van der Waals surface area contributed by atoms with Crippen molar-refractivity contribution in [1.82, 2.24) is 9.78 Å². The maximum Gasteiger partial charge on any atom is 0.271 e. The predicted molar refractivity (Wildman–Crippen MR) is 80.6 cm³/mol. The summed E-state index contributed by atoms with van der Waals surface area (Å²) < 4.78 is 1.52. The molecule has 0 saturated heterocycles. The van der Waals surface area contributed by atoms with Gasteiger partial charge in [0.25, 0.3) is 5.69 Å². The first-order chi connectivity index (χ1) is 8.79. The van der Waals surface area contributed by atoms with Crippen molar-refractivity contribution in [2.24, 2.45) is 0 Å². The summed E-state index contributed by atoms with van der Waals surface area (Å²) in [4.78, 5) is 10.3. The largest absolute Gasteiger partial charge is 0.384 e. The highest BCUT2D eigenvalue weighted by molar-refractivity contribution is 5.85. The van der Waals surface area contributed by atoms with Gasteiger partial charge >= 0.3 is 0 Å². The molecule has 0 amide bonds. The molecule has 7 heteroatoms. The second kappa shape index (κ2) is 5.50. The number of nitrogens with zero attached hydrogens (tertiary/aromatic N) is 3. The molecule has 0 unspecified atom stereocenters. The van der Waals surface area contributed by atoms with E-state index in [2.05, 4.69) is 5.10 Å². The van der Waals surface area contributed by atoms with Crippen LogP contribution in [0.5, 0.6) is 0 Å². The Labute approximate surface area is 123 Å². The Morgan fingerprint density at radius 3 is 2.45 bits per heavy atom. The lowest BCUT2D eigenvalue weighted by molar-refractivity contribution is -0.384. The molecule has 1 aromatic heterocycles. The Morgan fingerprint density at radius 1 is 1.30 bits per heavy atom. The number of hydrogen-bond acceptors (Lipinski definition) is 4. The van der Waals surface area contributed by atoms with Crippen LogP contribution in [0.15, 0.2) is 30.3 Å². The summed E-state index contributed by atoms with van der Waals surface area (Å²) in [5, 5.41) is 15.2. The van der Waals surface area contributed by atoms with Gasteiger partial charge in [-0.25, -0.2) is 4.68 Å². The third kappa shape index (κ3) is 3.08. The molecule has 0 spiro atoms. The first-order valence-electron chi connectivity index (χ1n) is 5.90. The van der Waals surface area contributed by atoms with Gasteiger partial charge in [-0.2, -0.15) is 5.10 Å². The van der Waals surface area contributed by atoms with Crippen LogP contribution in [-0.2, 0) is 5.41 Å². The van der Waals surface area contributed by atoms with Gasteiger partial charge in [-0.15, -0.1) is 12.4 Å². The van der Waals surface area contributed by atoms with Gasteiger partial charge in [-0.3, -0.25) is 10.1 Å². The molecule has 0 fully saturated rings. The quantitative estimate of drug-likeness (QED) is 0.681. The zero-order chi connectivity index (χ0) is 14.2. The summed E-state index contributed by atoms with van der Waals surface area (Å²) in [6.45, 7) is 6.10. The molecule has 6 nitrogen and oxygen atoms in total. The van der Waals surface area contributed by atoms with Crippen LogP contribution in [0.1, 0.15) is 26.5 Å². The average Bonchev–Trinajstić information content (AvgIpc) is 2.71. The number of rotatable bonds is 2. The number of anilines is 1. The second-order valence-electron chi connectivity index (χ2n) is 5.39. The lowest BCUT2D eigenvalue weighted by atomic mass is 9.92. The van der Waals surface area contributed by atoms with Gasteiger partial charge in [0.2, 0.25) is 0 Å². The van der Waals surface area contributed by atoms with Crippen molar-refractivity contribution in [3.05, 3.63) is 46.1 Å². The molecule has 20 heavy (non-hydrogen) atoms. The Hall–Kier alpha value is -2.08. The van der Waals surface area contributed by atoms with Crippen molar-refractivity contribution in [3.63, 3.8) is 0 Å². The molecule has 0 radical (unpaired) electrons. The first-order valence-corrected chi connectivity index (χ1v) is 5.90. The lowest BCUT2D eigenvalue weighted by Crippen LogP contribution is -2.12. The van der Waals surface area contributed by atoms with Crippen LogP contribution in [0.3, 0.4) is 0 Å². The van der Waals surface area contributed by atoms with Crippen LogP contribution in [-0.4, -0.2) is 14.7 Å². The fourth-order valence-corrected chi connectivity index (χ4v) is 1.71. The SMILES string of the molecule is CC(C)(C)c1cc(N)n(-c2cccc([N+](=O)[O-])c2)n1.Cl. The number of benzene rings is 1. The van der Waals surface area contributed by atoms with Crippen molar-refractivity contribution >= 4 is 23.9 Å². The van der Waals surface area contributed by atoms with Crippen LogP contribution in [0.4, 0.5) is 11.5 Å². The molecule has 2 rings (SSSR count). The van der Waals surface area contributed by atoms with E-state index in [-0.39, 0.29) is 23.5 Å². The molecule has 0 aliphatic carbocycles. The molecule has 1 aromatic carbocycles. The fourth-order valence-electron chi connectivity index (χ4n) is 1.71. The maximum atomic E-state index is 10.8. The number of non-ortho nitro benzene ring substituents is 1. The van der Waals surface area contributed by atoms with Crippen LogP contribution in [0, 0.1) is 10.1 Å². The van der Waals surface area contributed by atoms with Gasteiger partial charge in [-0.05, 0) is 6.07 Å². The van der Waals surface area contributed by atoms with Crippen LogP contribution < -0.4 is 5.73 Å². The summed E-state index contributed by atoms with van der Waals surface area (Å²) in [6.07, 6.45) is 0. The standard InChI is InChI=1S/C13H16N4O2.ClH/c1-13(2,3)11-8-12(14)16(15-11)9-5-4-6-10(7-9)17(18)19;/h4-8H,14H2,1-3H3;1H. The molecule has 0 saturated carbocycles. The summed E-state index contributed by atoms with van der Waals surface area (Å²) in [7, 11) is 0. The summed E-state index contributed by atoms with van der Waals surface area (Å²) in [5.74, 6) is 0.463. The van der Waals surface area contributed by atoms with Gasteiger partial charge in [0.05, 0.1) is 16.3 Å². The number of halogens is 1. The molecular formula is C13H17ClN4O2. The summed E-state index contributed by atoms with van der Waals surface area (Å²) in [6, 6.07) is 8.04. The van der Waals surface area contributed by atoms with Crippen LogP contribution in [0.2, 0.25) is 0 Å². The molecule has 0 bridgehead atoms. The zero-order valence-electron chi connectivity index (χ0n) is 11.5. The predicted octanol–water partition coefficient (Wildman–Crippen LogP) is 3.08. The highest BCUT2D eigenvalue weighted by atomic mass is 35.5. The Morgan fingerprint density at radius 2 is 1.95 bits per heavy atom. The molecule has 108 valence electrons. The normalized spacial score (nSPS) is 10.9. The van der Waals surface area contributed by atoms with Crippen molar-refractivity contribution in [1.29, 1.82) is 0 Å². The number of aromatic nitrogens is 2. The highest BCUT2D eigenvalue weighted by Gasteiger charge is 2.20. The molecule has 1 heterocycles. The van der Waals surface area contributed by atoms with Crippen LogP contribution in [0.25, 0.3) is 5.69 Å². The number of nitrogens with two attached hydrogens (primary N) is 1. The van der Waals surface area contributed by atoms with Gasteiger partial charge in [0.1, 0.15) is 5.82 Å². The maximum absolute atomic E-state index is 10.8. The zero-order valence-corrected chi connectivity index (χ0v) is 12.3. The van der Waals surface area contributed by atoms with E-state index in [0.29, 0.717) is 11.5 Å². The molecule has 0 atom stereocenters. The van der Waals surface area contributed by atoms with E-state index in [1.54, 1.807) is 18.2 Å². The fraction of sp³-hybridized carbons (Fsp3) is 0.308. The van der Waals surface area contributed by atoms with Crippen LogP contribution >= 0.6 is 12.4 Å². The molecule has 0 aliphatic rings. The van der Waals surface area contributed by atoms with E-state index < -0.39 is 4.92 Å². The molecule has 0 aliphatic heterocycles. The first kappa shape index (κ1) is 16.0. The van der Waals surface area contributed by atoms with Gasteiger partial charge in [0.15, 0.2) is 0 Å². The average molecular weight is 297 g/mol. The van der Waals surface area contributed by atoms with Crippen molar-refractivity contribution in [2.45, 2.75) is 26.2 Å². The minimum absolute atomic E-state index is 0. The van der Waals surface area contributed by atoms with Gasteiger partial charge in [-0.1, -0.05) is 26.8 Å². The number of nitrogen functional groups attached to an aromatic ring is 1. The smallest absolute Gasteiger partial charge is 0.271 e. The molecule has 2 aromatic rings. The number of hydrogen-bond donors (Lipinski definition) is 1. The third-order valence-corrected chi connectivity index (χ3v) is 2.79. The van der Waals surface area contributed by atoms with E-state index in [4.69, 9.17) is 5.73 Å². The Bertz CT molecular complexity index is 632. The van der Waals surface area contributed by atoms with Crippen molar-refractivity contribution in [2.75, 3.05) is 5.73 Å². The number of nitro groups is 1. The second-order valence-corrected chi connectivity index (χ2v) is 5.39. The number of nitro benzene ring substituents is 1.